The van der Waals surface area contributed by atoms with Crippen molar-refractivity contribution in [2.45, 2.75) is 11.1 Å². The lowest BCUT2D eigenvalue weighted by atomic mass is 10.2. The van der Waals surface area contributed by atoms with Crippen LogP contribution < -0.4 is 15.6 Å². The Kier molecular flexibility index (Phi) is 6.72. The summed E-state index contributed by atoms with van der Waals surface area (Å²) >= 11 is 6.06. The Balaban J connectivity index is 2.12. The number of aliphatic imine (C=N–C) groups is 1. The number of hydrogen-bond donors (Lipinski definition) is 3. The first-order valence-corrected chi connectivity index (χ1v) is 10.1. The third kappa shape index (κ3) is 5.55. The van der Waals surface area contributed by atoms with E-state index in [9.17, 15) is 13.2 Å². The standard InChI is InChI=1S/C16H18N4O3S3/c1-11(2)10-17-16(24)19-18-15(21)12-6-3-4-7-13(12)20-26(22,23)14-8-5-9-25-14/h3-9,20H,1,10H2,2H3,(H,18,21)(H2,17,19,24)/p-1. The van der Waals surface area contributed by atoms with E-state index in [2.05, 4.69) is 27.1 Å². The third-order valence-electron chi connectivity index (χ3n) is 2.95. The summed E-state index contributed by atoms with van der Waals surface area (Å²) < 4.78 is 27.3. The van der Waals surface area contributed by atoms with Gasteiger partial charge in [-0.2, -0.15) is 0 Å². The highest BCUT2D eigenvalue weighted by Crippen LogP contribution is 2.22. The summed E-state index contributed by atoms with van der Waals surface area (Å²) in [5, 5.41) is 1.75. The van der Waals surface area contributed by atoms with E-state index in [-0.39, 0.29) is 20.6 Å². The SMILES string of the molecule is C=C(C)CN=C([S-])NNC(=O)c1ccccc1NS(=O)(=O)c1cccs1. The monoisotopic (exact) mass is 409 g/mol. The molecule has 1 aromatic carbocycles. The molecule has 1 heterocycles. The van der Waals surface area contributed by atoms with Crippen LogP contribution in [-0.4, -0.2) is 26.0 Å². The van der Waals surface area contributed by atoms with Crippen LogP contribution in [0.4, 0.5) is 5.69 Å². The van der Waals surface area contributed by atoms with Crippen LogP contribution >= 0.6 is 11.3 Å². The Morgan fingerprint density at radius 2 is 1.96 bits per heavy atom. The maximum absolute atomic E-state index is 12.4. The van der Waals surface area contributed by atoms with Crippen molar-refractivity contribution in [2.24, 2.45) is 4.99 Å². The lowest BCUT2D eigenvalue weighted by molar-refractivity contribution is 0.0945. The van der Waals surface area contributed by atoms with Crippen molar-refractivity contribution in [1.82, 2.24) is 10.9 Å². The summed E-state index contributed by atoms with van der Waals surface area (Å²) in [5.74, 6) is -0.553. The van der Waals surface area contributed by atoms with Gasteiger partial charge in [-0.3, -0.25) is 19.9 Å². The molecule has 1 amide bonds. The normalized spacial score (nSPS) is 11.7. The number of amidine groups is 1. The fraction of sp³-hybridized carbons (Fsp3) is 0.125. The number of hydrazine groups is 1. The quantitative estimate of drug-likeness (QED) is 0.223. The fourth-order valence-corrected chi connectivity index (χ4v) is 3.99. The third-order valence-corrected chi connectivity index (χ3v) is 5.95. The molecule has 0 aliphatic rings. The molecule has 1 aromatic heterocycles. The van der Waals surface area contributed by atoms with Crippen LogP contribution in [0.15, 0.2) is 63.1 Å². The second-order valence-corrected chi connectivity index (χ2v) is 8.48. The summed E-state index contributed by atoms with van der Waals surface area (Å²) in [6.45, 7) is 5.86. The summed E-state index contributed by atoms with van der Waals surface area (Å²) in [6, 6.07) is 9.38. The maximum Gasteiger partial charge on any atom is 0.271 e. The van der Waals surface area contributed by atoms with Gasteiger partial charge in [-0.25, -0.2) is 8.42 Å². The molecule has 0 bridgehead atoms. The molecular weight excluding hydrogens is 392 g/mol. The molecule has 3 N–H and O–H groups in total. The van der Waals surface area contributed by atoms with Crippen LogP contribution in [-0.2, 0) is 22.7 Å². The van der Waals surface area contributed by atoms with Crippen molar-refractivity contribution in [2.75, 3.05) is 11.3 Å². The number of sulfonamides is 1. The van der Waals surface area contributed by atoms with Crippen LogP contribution in [0.1, 0.15) is 17.3 Å². The molecule has 2 rings (SSSR count). The number of thiophene rings is 1. The van der Waals surface area contributed by atoms with Gasteiger partial charge < -0.3 is 18.1 Å². The van der Waals surface area contributed by atoms with Gasteiger partial charge in [0, 0.05) is 0 Å². The topological polar surface area (TPSA) is 99.7 Å². The zero-order valence-electron chi connectivity index (χ0n) is 13.9. The van der Waals surface area contributed by atoms with Crippen LogP contribution in [0, 0.1) is 0 Å². The number of hydrogen-bond acceptors (Lipinski definition) is 6. The van der Waals surface area contributed by atoms with Gasteiger partial charge in [0.1, 0.15) is 4.21 Å². The van der Waals surface area contributed by atoms with Gasteiger partial charge in [0.05, 0.1) is 17.8 Å². The molecule has 10 heteroatoms. The first-order valence-electron chi connectivity index (χ1n) is 7.37. The average molecular weight is 410 g/mol. The molecule has 2 aromatic rings. The predicted molar refractivity (Wildman–Crippen MR) is 107 cm³/mol. The van der Waals surface area contributed by atoms with E-state index in [1.807, 2.05) is 0 Å². The molecule has 7 nitrogen and oxygen atoms in total. The zero-order valence-corrected chi connectivity index (χ0v) is 16.3. The number of nitrogens with one attached hydrogen (secondary N) is 3. The van der Waals surface area contributed by atoms with Gasteiger partial charge in [0.25, 0.3) is 15.9 Å². The molecule has 0 fully saturated rings. The van der Waals surface area contributed by atoms with E-state index >= 15 is 0 Å². The van der Waals surface area contributed by atoms with Crippen molar-refractivity contribution < 1.29 is 13.2 Å². The lowest BCUT2D eigenvalue weighted by Gasteiger charge is -2.17. The second-order valence-electron chi connectivity index (χ2n) is 5.24. The highest BCUT2D eigenvalue weighted by molar-refractivity contribution is 7.94. The van der Waals surface area contributed by atoms with Crippen molar-refractivity contribution in [3.8, 4) is 0 Å². The minimum atomic E-state index is -3.76. The van der Waals surface area contributed by atoms with E-state index in [0.29, 0.717) is 6.54 Å². The highest BCUT2D eigenvalue weighted by atomic mass is 32.2. The first-order chi connectivity index (χ1) is 12.3. The molecule has 0 radical (unpaired) electrons. The van der Waals surface area contributed by atoms with Gasteiger partial charge in [-0.05, 0) is 35.7 Å². The van der Waals surface area contributed by atoms with Crippen LogP contribution in [0.3, 0.4) is 0 Å². The highest BCUT2D eigenvalue weighted by Gasteiger charge is 2.19. The fourth-order valence-electron chi connectivity index (χ4n) is 1.81. The van der Waals surface area contributed by atoms with E-state index < -0.39 is 15.9 Å². The Bertz CT molecular complexity index is 922. The molecule has 0 saturated carbocycles. The number of amides is 1. The van der Waals surface area contributed by atoms with Crippen molar-refractivity contribution in [3.63, 3.8) is 0 Å². The van der Waals surface area contributed by atoms with Crippen molar-refractivity contribution in [1.29, 1.82) is 0 Å². The number of nitrogens with zero attached hydrogens (tertiary/aromatic N) is 1. The minimum Gasteiger partial charge on any atom is -0.741 e. The van der Waals surface area contributed by atoms with Crippen LogP contribution in [0.25, 0.3) is 0 Å². The van der Waals surface area contributed by atoms with E-state index in [4.69, 9.17) is 12.6 Å². The summed E-state index contributed by atoms with van der Waals surface area (Å²) in [5.41, 5.74) is 6.03. The number of carbonyl (C=O) groups excluding carboxylic acids is 1. The molecular formula is C16H17N4O3S3-. The molecule has 0 atom stereocenters. The Morgan fingerprint density at radius 1 is 1.23 bits per heavy atom. The van der Waals surface area contributed by atoms with Gasteiger partial charge in [0.2, 0.25) is 0 Å². The van der Waals surface area contributed by atoms with Crippen molar-refractivity contribution >= 4 is 50.8 Å². The lowest BCUT2D eigenvalue weighted by Crippen LogP contribution is -2.41. The molecule has 0 aliphatic heterocycles. The number of anilines is 1. The van der Waals surface area contributed by atoms with Crippen molar-refractivity contribution in [3.05, 3.63) is 59.5 Å². The average Bonchev–Trinajstić information content (AvgIpc) is 3.13. The largest absolute Gasteiger partial charge is 0.741 e. The van der Waals surface area contributed by atoms with E-state index in [1.54, 1.807) is 30.5 Å². The Hall–Kier alpha value is -2.43. The van der Waals surface area contributed by atoms with E-state index in [1.165, 1.54) is 18.2 Å². The van der Waals surface area contributed by atoms with Gasteiger partial charge in [0.15, 0.2) is 0 Å². The number of rotatable bonds is 6. The predicted octanol–water partition coefficient (Wildman–Crippen LogP) is 2.26. The Morgan fingerprint density at radius 3 is 2.62 bits per heavy atom. The minimum absolute atomic E-state index is 0.0954. The summed E-state index contributed by atoms with van der Waals surface area (Å²) in [4.78, 5) is 16.4. The summed E-state index contributed by atoms with van der Waals surface area (Å²) in [6.07, 6.45) is 0. The first kappa shape index (κ1) is 19.9. The van der Waals surface area contributed by atoms with Crippen LogP contribution in [0.5, 0.6) is 0 Å². The number of benzene rings is 1. The van der Waals surface area contributed by atoms with Gasteiger partial charge >= 0.3 is 0 Å². The number of para-hydroxylation sites is 1. The van der Waals surface area contributed by atoms with Gasteiger partial charge in [-0.15, -0.1) is 11.3 Å². The maximum atomic E-state index is 12.4. The second kappa shape index (κ2) is 8.79. The number of carbonyl (C=O) groups is 1. The molecule has 0 aliphatic carbocycles. The molecule has 0 spiro atoms. The van der Waals surface area contributed by atoms with E-state index in [0.717, 1.165) is 16.9 Å². The van der Waals surface area contributed by atoms with Crippen LogP contribution in [0.2, 0.25) is 0 Å². The summed E-state index contributed by atoms with van der Waals surface area (Å²) in [7, 11) is -3.76. The van der Waals surface area contributed by atoms with Gasteiger partial charge in [-0.1, -0.05) is 30.4 Å². The Labute approximate surface area is 161 Å². The molecule has 26 heavy (non-hydrogen) atoms. The smallest absolute Gasteiger partial charge is 0.271 e. The zero-order chi connectivity index (χ0) is 19.2. The molecule has 0 saturated heterocycles. The molecule has 138 valence electrons. The molecule has 0 unspecified atom stereocenters.